The summed E-state index contributed by atoms with van der Waals surface area (Å²) in [6.45, 7) is 0.226. The number of nitrogens with zero attached hydrogens (tertiary/aromatic N) is 3. The number of hydrogen-bond acceptors (Lipinski definition) is 10. The van der Waals surface area contributed by atoms with Gasteiger partial charge in [-0.15, -0.1) is 0 Å². The number of hydrogen-bond donors (Lipinski definition) is 1. The van der Waals surface area contributed by atoms with Crippen LogP contribution in [0.2, 0.25) is 10.0 Å². The Morgan fingerprint density at radius 1 is 1.06 bits per heavy atom. The number of alkyl halides is 2. The van der Waals surface area contributed by atoms with E-state index in [9.17, 15) is 26.8 Å². The fourth-order valence-corrected chi connectivity index (χ4v) is 7.66. The Morgan fingerprint density at radius 2 is 1.81 bits per heavy atom. The summed E-state index contributed by atoms with van der Waals surface area (Å²) in [4.78, 5) is 34.1. The largest absolute Gasteiger partial charge is 0.489 e. The van der Waals surface area contributed by atoms with Gasteiger partial charge in [-0.2, -0.15) is 8.78 Å². The van der Waals surface area contributed by atoms with Crippen LogP contribution in [0.1, 0.15) is 42.1 Å². The first-order valence-electron chi connectivity index (χ1n) is 16.9. The molecule has 3 aliphatic rings. The lowest BCUT2D eigenvalue weighted by atomic mass is 10.0. The number of nitrogens with one attached hydrogen (secondary N) is 1. The van der Waals surface area contributed by atoms with Crippen LogP contribution >= 0.6 is 23.2 Å². The van der Waals surface area contributed by atoms with Crippen LogP contribution in [-0.4, -0.2) is 88.5 Å². The lowest BCUT2D eigenvalue weighted by molar-refractivity contribution is -0.148. The van der Waals surface area contributed by atoms with Crippen molar-refractivity contribution in [2.45, 2.75) is 44.8 Å². The summed E-state index contributed by atoms with van der Waals surface area (Å²) in [6.07, 6.45) is 4.08. The van der Waals surface area contributed by atoms with Crippen molar-refractivity contribution >= 4 is 56.5 Å². The smallest absolute Gasteiger partial charge is 0.387 e. The number of esters is 1. The van der Waals surface area contributed by atoms with E-state index < -0.39 is 35.3 Å². The Bertz CT molecular complexity index is 1860. The summed E-state index contributed by atoms with van der Waals surface area (Å²) in [7, 11) is -3.65. The molecule has 6 rings (SSSR count). The number of amides is 1. The van der Waals surface area contributed by atoms with Gasteiger partial charge in [-0.1, -0.05) is 29.3 Å². The van der Waals surface area contributed by atoms with E-state index >= 15 is 0 Å². The molecular formula is C35H38Cl2F2N4O8S. The molecule has 1 saturated carbocycles. The van der Waals surface area contributed by atoms with Gasteiger partial charge in [-0.25, -0.2) is 8.42 Å². The highest BCUT2D eigenvalue weighted by Crippen LogP contribution is 2.38. The van der Waals surface area contributed by atoms with Crippen molar-refractivity contribution in [1.82, 2.24) is 9.88 Å². The Kier molecular flexibility index (Phi) is 12.4. The van der Waals surface area contributed by atoms with Crippen molar-refractivity contribution in [2.75, 3.05) is 61.4 Å². The third-order valence-electron chi connectivity index (χ3n) is 8.91. The number of halogens is 4. The van der Waals surface area contributed by atoms with Gasteiger partial charge in [0.05, 0.1) is 42.0 Å². The van der Waals surface area contributed by atoms with E-state index in [1.165, 1.54) is 41.6 Å². The van der Waals surface area contributed by atoms with Gasteiger partial charge in [-0.05, 0) is 78.7 Å². The second kappa shape index (κ2) is 16.9. The van der Waals surface area contributed by atoms with Gasteiger partial charge in [0.25, 0.3) is 0 Å². The molecule has 2 aromatic carbocycles. The number of anilines is 2. The van der Waals surface area contributed by atoms with E-state index in [0.29, 0.717) is 66.8 Å². The summed E-state index contributed by atoms with van der Waals surface area (Å²) in [5.41, 5.74) is 2.12. The molecule has 3 aromatic rings. The Hall–Kier alpha value is -3.76. The lowest BCUT2D eigenvalue weighted by Gasteiger charge is -2.26. The minimum Gasteiger partial charge on any atom is -0.489 e. The molecule has 1 aromatic heterocycles. The molecule has 12 nitrogen and oxygen atoms in total. The Labute approximate surface area is 310 Å². The van der Waals surface area contributed by atoms with Crippen molar-refractivity contribution in [1.29, 1.82) is 0 Å². The van der Waals surface area contributed by atoms with Gasteiger partial charge in [0.15, 0.2) is 11.5 Å². The summed E-state index contributed by atoms with van der Waals surface area (Å²) in [6, 6.07) is 8.97. The molecule has 52 heavy (non-hydrogen) atoms. The van der Waals surface area contributed by atoms with E-state index in [0.717, 1.165) is 25.9 Å². The minimum atomic E-state index is -3.65. The molecule has 2 aliphatic heterocycles. The highest BCUT2D eigenvalue weighted by atomic mass is 35.5. The molecule has 0 unspecified atom stereocenters. The molecule has 0 spiro atoms. The monoisotopic (exact) mass is 782 g/mol. The number of aromatic nitrogens is 1. The summed E-state index contributed by atoms with van der Waals surface area (Å²) in [5.74, 6) is -1.01. The van der Waals surface area contributed by atoms with Crippen LogP contribution in [0.15, 0.2) is 48.8 Å². The van der Waals surface area contributed by atoms with Gasteiger partial charge in [0.1, 0.15) is 12.6 Å². The highest BCUT2D eigenvalue weighted by molar-refractivity contribution is 7.92. The Balaban J connectivity index is 1.15. The number of sulfonamides is 1. The predicted molar refractivity (Wildman–Crippen MR) is 190 cm³/mol. The van der Waals surface area contributed by atoms with Gasteiger partial charge < -0.3 is 23.8 Å². The van der Waals surface area contributed by atoms with E-state index in [-0.39, 0.29) is 46.0 Å². The van der Waals surface area contributed by atoms with E-state index in [4.69, 9.17) is 37.4 Å². The molecule has 3 heterocycles. The fraction of sp³-hybridized carbons (Fsp3) is 0.457. The standard InChI is InChI=1S/C35H38Cl2F2N4O8S/c36-27-18-40-19-28(37)26(27)17-31(23-4-7-30(51-35(38)39)32(15-23)49-21-22-2-3-22)50-34(45)20-43-29-6-5-25(14-24(29)16-33(43)44)41-52(46,47)13-1-8-42-9-11-48-12-10-42/h4-7,14-15,18-19,22,31,35,41H,1-3,8-13,16-17,20-21H2/t31-/m0/s1. The number of ether oxygens (including phenoxy) is 4. The second-order valence-corrected chi connectivity index (χ2v) is 15.5. The average Bonchev–Trinajstić information content (AvgIpc) is 3.88. The maximum absolute atomic E-state index is 13.5. The van der Waals surface area contributed by atoms with Crippen molar-refractivity contribution in [3.05, 3.63) is 75.5 Å². The SMILES string of the molecule is O=C(CN1C(=O)Cc2cc(NS(=O)(=O)CCCN3CCOCC3)ccc21)O[C@@H](Cc1c(Cl)cncc1Cl)c1ccc(OC(F)F)c(OCC2CC2)c1. The quantitative estimate of drug-likeness (QED) is 0.171. The number of carbonyl (C=O) groups excluding carboxylic acids is 2. The van der Waals surface area contributed by atoms with Crippen LogP contribution in [-0.2, 0) is 41.9 Å². The van der Waals surface area contributed by atoms with Crippen LogP contribution in [0.5, 0.6) is 11.5 Å². The summed E-state index contributed by atoms with van der Waals surface area (Å²) < 4.78 is 76.4. The highest BCUT2D eigenvalue weighted by Gasteiger charge is 2.32. The molecule has 1 N–H and O–H groups in total. The second-order valence-electron chi connectivity index (χ2n) is 12.8. The third-order valence-corrected chi connectivity index (χ3v) is 10.9. The van der Waals surface area contributed by atoms with Gasteiger partial charge in [0.2, 0.25) is 15.9 Å². The molecule has 0 bridgehead atoms. The number of pyridine rings is 1. The summed E-state index contributed by atoms with van der Waals surface area (Å²) >= 11 is 12.8. The zero-order valence-electron chi connectivity index (χ0n) is 28.1. The third kappa shape index (κ3) is 10.2. The summed E-state index contributed by atoms with van der Waals surface area (Å²) in [5, 5.41) is 0.451. The van der Waals surface area contributed by atoms with E-state index in [2.05, 4.69) is 19.3 Å². The maximum atomic E-state index is 13.5. The lowest BCUT2D eigenvalue weighted by Crippen LogP contribution is -2.37. The van der Waals surface area contributed by atoms with Crippen LogP contribution < -0.4 is 19.1 Å². The zero-order valence-corrected chi connectivity index (χ0v) is 30.4. The van der Waals surface area contributed by atoms with Crippen LogP contribution in [0.25, 0.3) is 0 Å². The predicted octanol–water partition coefficient (Wildman–Crippen LogP) is 5.66. The molecule has 1 atom stereocenters. The van der Waals surface area contributed by atoms with Crippen LogP contribution in [0, 0.1) is 5.92 Å². The average molecular weight is 784 g/mol. The number of morpholine rings is 1. The first kappa shape index (κ1) is 38.0. The number of carbonyl (C=O) groups is 2. The van der Waals surface area contributed by atoms with Gasteiger partial charge in [-0.3, -0.25) is 24.2 Å². The normalized spacial score (nSPS) is 16.9. The number of benzene rings is 2. The van der Waals surface area contributed by atoms with E-state index in [1.807, 2.05) is 0 Å². The van der Waals surface area contributed by atoms with Crippen molar-refractivity contribution in [3.8, 4) is 11.5 Å². The molecule has 1 saturated heterocycles. The maximum Gasteiger partial charge on any atom is 0.387 e. The van der Waals surface area contributed by atoms with Crippen LogP contribution in [0.4, 0.5) is 20.2 Å². The van der Waals surface area contributed by atoms with Gasteiger partial charge in [0, 0.05) is 43.3 Å². The first-order chi connectivity index (χ1) is 24.9. The van der Waals surface area contributed by atoms with Crippen molar-refractivity contribution in [3.63, 3.8) is 0 Å². The van der Waals surface area contributed by atoms with Gasteiger partial charge >= 0.3 is 12.6 Å². The van der Waals surface area contributed by atoms with Crippen molar-refractivity contribution < 1.29 is 45.7 Å². The molecule has 2 fully saturated rings. The molecule has 17 heteroatoms. The van der Waals surface area contributed by atoms with E-state index in [1.54, 1.807) is 12.1 Å². The Morgan fingerprint density at radius 3 is 2.52 bits per heavy atom. The molecule has 1 aliphatic carbocycles. The topological polar surface area (TPSA) is 137 Å². The minimum absolute atomic E-state index is 0.0104. The fourth-order valence-electron chi connectivity index (χ4n) is 6.05. The first-order valence-corrected chi connectivity index (χ1v) is 19.3. The molecule has 0 radical (unpaired) electrons. The molecular weight excluding hydrogens is 745 g/mol. The number of fused-ring (bicyclic) bond motifs is 1. The number of rotatable bonds is 17. The van der Waals surface area contributed by atoms with Crippen molar-refractivity contribution in [2.24, 2.45) is 5.92 Å². The zero-order chi connectivity index (χ0) is 36.8. The molecule has 1 amide bonds. The molecule has 280 valence electrons. The van der Waals surface area contributed by atoms with Crippen LogP contribution in [0.3, 0.4) is 0 Å².